The van der Waals surface area contributed by atoms with Crippen LogP contribution in [0.5, 0.6) is 0 Å². The first-order chi connectivity index (χ1) is 9.77. The first-order valence-corrected chi connectivity index (χ1v) is 7.69. The van der Waals surface area contributed by atoms with Crippen LogP contribution < -0.4 is 5.32 Å². The molecule has 0 spiro atoms. The third-order valence-electron chi connectivity index (χ3n) is 4.56. The SMILES string of the molecule is Cc1c(CNCCC2=CCCC2)n(C)c2ccccc12. The fourth-order valence-corrected chi connectivity index (χ4v) is 3.31. The van der Waals surface area contributed by atoms with E-state index in [2.05, 4.69) is 54.2 Å². The van der Waals surface area contributed by atoms with Crippen LogP contribution in [0.25, 0.3) is 10.9 Å². The molecule has 106 valence electrons. The maximum absolute atomic E-state index is 3.61. The molecule has 3 rings (SSSR count). The monoisotopic (exact) mass is 268 g/mol. The quantitative estimate of drug-likeness (QED) is 0.639. The molecule has 0 amide bonds. The number of benzene rings is 1. The van der Waals surface area contributed by atoms with E-state index in [0.717, 1.165) is 13.1 Å². The summed E-state index contributed by atoms with van der Waals surface area (Å²) in [7, 11) is 2.17. The second-order valence-corrected chi connectivity index (χ2v) is 5.83. The molecule has 0 bridgehead atoms. The van der Waals surface area contributed by atoms with Gasteiger partial charge in [0.25, 0.3) is 0 Å². The Kier molecular flexibility index (Phi) is 3.93. The summed E-state index contributed by atoms with van der Waals surface area (Å²) in [5.41, 5.74) is 5.80. The van der Waals surface area contributed by atoms with E-state index in [1.54, 1.807) is 5.57 Å². The van der Waals surface area contributed by atoms with Crippen LogP contribution in [0.2, 0.25) is 0 Å². The van der Waals surface area contributed by atoms with E-state index >= 15 is 0 Å². The number of allylic oxidation sites excluding steroid dienone is 1. The zero-order valence-electron chi connectivity index (χ0n) is 12.6. The highest BCUT2D eigenvalue weighted by Crippen LogP contribution is 2.24. The maximum atomic E-state index is 3.61. The predicted molar refractivity (Wildman–Crippen MR) is 85.9 cm³/mol. The number of nitrogens with one attached hydrogen (secondary N) is 1. The average molecular weight is 268 g/mol. The highest BCUT2D eigenvalue weighted by Gasteiger charge is 2.10. The largest absolute Gasteiger partial charge is 0.346 e. The first kappa shape index (κ1) is 13.4. The van der Waals surface area contributed by atoms with Crippen molar-refractivity contribution in [3.8, 4) is 0 Å². The summed E-state index contributed by atoms with van der Waals surface area (Å²) in [4.78, 5) is 0. The van der Waals surface area contributed by atoms with Gasteiger partial charge >= 0.3 is 0 Å². The van der Waals surface area contributed by atoms with Gasteiger partial charge in [0.1, 0.15) is 0 Å². The highest BCUT2D eigenvalue weighted by atomic mass is 15.0. The fraction of sp³-hybridized carbons (Fsp3) is 0.444. The van der Waals surface area contributed by atoms with Gasteiger partial charge in [0, 0.05) is 30.2 Å². The Balaban J connectivity index is 1.65. The molecule has 0 fully saturated rings. The lowest BCUT2D eigenvalue weighted by molar-refractivity contribution is 0.647. The van der Waals surface area contributed by atoms with Gasteiger partial charge in [-0.2, -0.15) is 0 Å². The topological polar surface area (TPSA) is 17.0 Å². The van der Waals surface area contributed by atoms with E-state index in [1.807, 2.05) is 0 Å². The maximum Gasteiger partial charge on any atom is 0.0483 e. The summed E-state index contributed by atoms with van der Waals surface area (Å²) in [5.74, 6) is 0. The minimum Gasteiger partial charge on any atom is -0.346 e. The van der Waals surface area contributed by atoms with Crippen LogP contribution in [0.1, 0.15) is 36.9 Å². The molecule has 1 aromatic heterocycles. The molecule has 2 aromatic rings. The van der Waals surface area contributed by atoms with Crippen LogP contribution in [0, 0.1) is 6.92 Å². The zero-order valence-corrected chi connectivity index (χ0v) is 12.6. The van der Waals surface area contributed by atoms with Gasteiger partial charge in [-0.1, -0.05) is 29.8 Å². The number of nitrogens with zero attached hydrogens (tertiary/aromatic N) is 1. The Morgan fingerprint density at radius 1 is 1.25 bits per heavy atom. The molecule has 1 aliphatic rings. The lowest BCUT2D eigenvalue weighted by Crippen LogP contribution is -2.17. The van der Waals surface area contributed by atoms with Gasteiger partial charge in [-0.25, -0.2) is 0 Å². The van der Waals surface area contributed by atoms with Crippen LogP contribution >= 0.6 is 0 Å². The molecule has 1 aliphatic carbocycles. The van der Waals surface area contributed by atoms with Gasteiger partial charge in [-0.05, 0) is 50.8 Å². The van der Waals surface area contributed by atoms with Gasteiger partial charge in [-0.15, -0.1) is 0 Å². The Morgan fingerprint density at radius 3 is 2.85 bits per heavy atom. The molecule has 1 aromatic carbocycles. The van der Waals surface area contributed by atoms with Crippen molar-refractivity contribution in [3.05, 3.63) is 47.2 Å². The molecule has 1 N–H and O–H groups in total. The normalized spacial score (nSPS) is 15.0. The van der Waals surface area contributed by atoms with Crippen molar-refractivity contribution in [3.63, 3.8) is 0 Å². The van der Waals surface area contributed by atoms with E-state index in [-0.39, 0.29) is 0 Å². The van der Waals surface area contributed by atoms with Gasteiger partial charge in [0.05, 0.1) is 0 Å². The van der Waals surface area contributed by atoms with Crippen molar-refractivity contribution in [1.29, 1.82) is 0 Å². The van der Waals surface area contributed by atoms with Crippen molar-refractivity contribution in [2.75, 3.05) is 6.54 Å². The second-order valence-electron chi connectivity index (χ2n) is 5.83. The minimum absolute atomic E-state index is 0.963. The molecule has 20 heavy (non-hydrogen) atoms. The Bertz CT molecular complexity index is 595. The average Bonchev–Trinajstić information content (AvgIpc) is 3.06. The Hall–Kier alpha value is -1.54. The highest BCUT2D eigenvalue weighted by molar-refractivity contribution is 5.85. The molecule has 0 unspecified atom stereocenters. The van der Waals surface area contributed by atoms with E-state index in [9.17, 15) is 0 Å². The van der Waals surface area contributed by atoms with Gasteiger partial charge < -0.3 is 9.88 Å². The van der Waals surface area contributed by atoms with Crippen molar-refractivity contribution >= 4 is 10.9 Å². The molecular formula is C18H24N2. The Labute approximate surface area is 121 Å². The number of fused-ring (bicyclic) bond motifs is 1. The Morgan fingerprint density at radius 2 is 2.10 bits per heavy atom. The van der Waals surface area contributed by atoms with E-state index in [1.165, 1.54) is 47.8 Å². The van der Waals surface area contributed by atoms with Crippen LogP contribution in [-0.4, -0.2) is 11.1 Å². The second kappa shape index (κ2) is 5.84. The van der Waals surface area contributed by atoms with Crippen LogP contribution in [0.15, 0.2) is 35.9 Å². The number of hydrogen-bond acceptors (Lipinski definition) is 1. The first-order valence-electron chi connectivity index (χ1n) is 7.69. The number of para-hydroxylation sites is 1. The minimum atomic E-state index is 0.963. The summed E-state index contributed by atoms with van der Waals surface area (Å²) < 4.78 is 2.33. The molecule has 0 saturated carbocycles. The van der Waals surface area contributed by atoms with Gasteiger partial charge in [-0.3, -0.25) is 0 Å². The summed E-state index contributed by atoms with van der Waals surface area (Å²) >= 11 is 0. The number of aryl methyl sites for hydroxylation is 2. The summed E-state index contributed by atoms with van der Waals surface area (Å²) in [6.45, 7) is 4.29. The third-order valence-corrected chi connectivity index (χ3v) is 4.56. The lowest BCUT2D eigenvalue weighted by Gasteiger charge is -2.08. The van der Waals surface area contributed by atoms with Gasteiger partial charge in [0.2, 0.25) is 0 Å². The zero-order chi connectivity index (χ0) is 13.9. The van der Waals surface area contributed by atoms with Crippen LogP contribution in [-0.2, 0) is 13.6 Å². The van der Waals surface area contributed by atoms with Crippen molar-refractivity contribution in [1.82, 2.24) is 9.88 Å². The molecule has 0 radical (unpaired) electrons. The smallest absolute Gasteiger partial charge is 0.0483 e. The number of hydrogen-bond donors (Lipinski definition) is 1. The summed E-state index contributed by atoms with van der Waals surface area (Å²) in [5, 5.41) is 4.99. The van der Waals surface area contributed by atoms with Gasteiger partial charge in [0.15, 0.2) is 0 Å². The van der Waals surface area contributed by atoms with Crippen LogP contribution in [0.3, 0.4) is 0 Å². The molecule has 0 aliphatic heterocycles. The van der Waals surface area contributed by atoms with Crippen molar-refractivity contribution < 1.29 is 0 Å². The van der Waals surface area contributed by atoms with Crippen LogP contribution in [0.4, 0.5) is 0 Å². The predicted octanol–water partition coefficient (Wildman–Crippen LogP) is 4.08. The number of rotatable bonds is 5. The molecular weight excluding hydrogens is 244 g/mol. The van der Waals surface area contributed by atoms with E-state index in [0.29, 0.717) is 0 Å². The standard InChI is InChI=1S/C18H24N2/c1-14-16-9-5-6-10-17(16)20(2)18(14)13-19-12-11-15-7-3-4-8-15/h5-7,9-10,19H,3-4,8,11-13H2,1-2H3. The van der Waals surface area contributed by atoms with E-state index in [4.69, 9.17) is 0 Å². The third kappa shape index (κ3) is 2.53. The molecule has 0 saturated heterocycles. The molecule has 1 heterocycles. The summed E-state index contributed by atoms with van der Waals surface area (Å²) in [6.07, 6.45) is 7.59. The van der Waals surface area contributed by atoms with E-state index < -0.39 is 0 Å². The lowest BCUT2D eigenvalue weighted by atomic mass is 10.1. The molecule has 2 heteroatoms. The van der Waals surface area contributed by atoms with Crippen molar-refractivity contribution in [2.24, 2.45) is 7.05 Å². The number of aromatic nitrogens is 1. The van der Waals surface area contributed by atoms with Crippen molar-refractivity contribution in [2.45, 2.75) is 39.2 Å². The fourth-order valence-electron chi connectivity index (χ4n) is 3.31. The summed E-state index contributed by atoms with van der Waals surface area (Å²) in [6, 6.07) is 8.66. The molecule has 0 atom stereocenters. The molecule has 2 nitrogen and oxygen atoms in total.